The number of H-pyrrole nitrogens is 1. The average molecular weight is 552 g/mol. The number of hydrogen-bond donors (Lipinski definition) is 8. The van der Waals surface area contributed by atoms with Crippen molar-refractivity contribution in [2.45, 2.75) is 49.9 Å². The van der Waals surface area contributed by atoms with Crippen molar-refractivity contribution in [1.82, 2.24) is 20.9 Å². The van der Waals surface area contributed by atoms with Crippen LogP contribution in [0.2, 0.25) is 0 Å². The third kappa shape index (κ3) is 9.04. The van der Waals surface area contributed by atoms with E-state index in [1.165, 1.54) is 11.8 Å². The average Bonchev–Trinajstić information content (AvgIpc) is 3.30. The van der Waals surface area contributed by atoms with Crippen molar-refractivity contribution in [2.24, 2.45) is 5.73 Å². The van der Waals surface area contributed by atoms with Gasteiger partial charge in [-0.2, -0.15) is 11.8 Å². The van der Waals surface area contributed by atoms with Crippen LogP contribution in [0.1, 0.15) is 24.8 Å². The van der Waals surface area contributed by atoms with E-state index in [2.05, 4.69) is 20.9 Å². The maximum Gasteiger partial charge on any atom is 0.326 e. The van der Waals surface area contributed by atoms with Crippen LogP contribution in [-0.2, 0) is 30.4 Å². The molecule has 13 nitrogen and oxygen atoms in total. The SMILES string of the molecule is CSCCC(NC(=O)C(CCC(=O)O)NC(=O)C(Cc1c[nH]c2ccccc12)NC(=O)C(N)CO)C(=O)O. The van der Waals surface area contributed by atoms with Crippen LogP contribution in [0.4, 0.5) is 0 Å². The highest BCUT2D eigenvalue weighted by molar-refractivity contribution is 7.98. The van der Waals surface area contributed by atoms with E-state index in [1.54, 1.807) is 18.5 Å². The molecule has 0 fully saturated rings. The molecule has 0 bridgehead atoms. The third-order valence-electron chi connectivity index (χ3n) is 5.77. The smallest absolute Gasteiger partial charge is 0.326 e. The van der Waals surface area contributed by atoms with Gasteiger partial charge in [0.05, 0.1) is 6.61 Å². The number of hydrogen-bond acceptors (Lipinski definition) is 8. The molecule has 0 spiro atoms. The number of aromatic nitrogens is 1. The van der Waals surface area contributed by atoms with Gasteiger partial charge in [-0.15, -0.1) is 0 Å². The van der Waals surface area contributed by atoms with Crippen molar-refractivity contribution < 1.29 is 39.3 Å². The zero-order valence-electron chi connectivity index (χ0n) is 20.8. The molecule has 0 aliphatic rings. The Bertz CT molecular complexity index is 1140. The van der Waals surface area contributed by atoms with Gasteiger partial charge < -0.3 is 42.0 Å². The molecular weight excluding hydrogens is 518 g/mol. The summed E-state index contributed by atoms with van der Waals surface area (Å²) in [6.07, 6.45) is 2.77. The second-order valence-electron chi connectivity index (χ2n) is 8.59. The first-order valence-electron chi connectivity index (χ1n) is 11.8. The number of rotatable bonds is 16. The largest absolute Gasteiger partial charge is 0.481 e. The minimum absolute atomic E-state index is 0.0154. The number of nitrogens with one attached hydrogen (secondary N) is 4. The van der Waals surface area contributed by atoms with Gasteiger partial charge >= 0.3 is 11.9 Å². The van der Waals surface area contributed by atoms with Crippen LogP contribution in [0.25, 0.3) is 10.9 Å². The van der Waals surface area contributed by atoms with Gasteiger partial charge in [0.15, 0.2) is 0 Å². The number of fused-ring (bicyclic) bond motifs is 1. The summed E-state index contributed by atoms with van der Waals surface area (Å²) >= 11 is 1.39. The number of benzene rings is 1. The molecule has 0 saturated heterocycles. The maximum absolute atomic E-state index is 13.3. The number of aliphatic hydroxyl groups is 1. The van der Waals surface area contributed by atoms with Crippen molar-refractivity contribution in [1.29, 1.82) is 0 Å². The molecule has 1 aromatic heterocycles. The first-order chi connectivity index (χ1) is 18.1. The second kappa shape index (κ2) is 15.0. The number of aliphatic carboxylic acids is 2. The van der Waals surface area contributed by atoms with Gasteiger partial charge in [0.2, 0.25) is 17.7 Å². The Balaban J connectivity index is 2.28. The van der Waals surface area contributed by atoms with Crippen LogP contribution in [0.15, 0.2) is 30.5 Å². The maximum atomic E-state index is 13.3. The number of para-hydroxylation sites is 1. The highest BCUT2D eigenvalue weighted by Gasteiger charge is 2.31. The fourth-order valence-electron chi connectivity index (χ4n) is 3.67. The van der Waals surface area contributed by atoms with E-state index in [9.17, 15) is 34.2 Å². The van der Waals surface area contributed by atoms with Crippen molar-refractivity contribution in [3.63, 3.8) is 0 Å². The molecule has 0 saturated carbocycles. The number of aromatic amines is 1. The predicted molar refractivity (Wildman–Crippen MR) is 140 cm³/mol. The first kappa shape index (κ1) is 30.6. The molecule has 14 heteroatoms. The fraction of sp³-hybridized carbons (Fsp3) is 0.458. The van der Waals surface area contributed by atoms with Gasteiger partial charge in [-0.3, -0.25) is 19.2 Å². The van der Waals surface area contributed by atoms with Crippen molar-refractivity contribution in [3.05, 3.63) is 36.0 Å². The Labute approximate surface area is 222 Å². The highest BCUT2D eigenvalue weighted by atomic mass is 32.2. The summed E-state index contributed by atoms with van der Waals surface area (Å²) < 4.78 is 0. The highest BCUT2D eigenvalue weighted by Crippen LogP contribution is 2.19. The normalized spacial score (nSPS) is 14.2. The lowest BCUT2D eigenvalue weighted by Crippen LogP contribution is -2.58. The lowest BCUT2D eigenvalue weighted by Gasteiger charge is -2.25. The molecular formula is C24H33N5O8S. The molecule has 4 unspecified atom stereocenters. The summed E-state index contributed by atoms with van der Waals surface area (Å²) in [6.45, 7) is -0.663. The number of thioether (sulfide) groups is 1. The fourth-order valence-corrected chi connectivity index (χ4v) is 4.14. The van der Waals surface area contributed by atoms with Crippen LogP contribution in [0, 0.1) is 0 Å². The summed E-state index contributed by atoms with van der Waals surface area (Å²) in [5.41, 5.74) is 7.07. The van der Waals surface area contributed by atoms with E-state index >= 15 is 0 Å². The summed E-state index contributed by atoms with van der Waals surface area (Å²) in [7, 11) is 0. The van der Waals surface area contributed by atoms with E-state index < -0.39 is 66.9 Å². The summed E-state index contributed by atoms with van der Waals surface area (Å²) in [5, 5.41) is 35.9. The molecule has 38 heavy (non-hydrogen) atoms. The van der Waals surface area contributed by atoms with Gasteiger partial charge in [0, 0.05) is 29.9 Å². The van der Waals surface area contributed by atoms with E-state index in [1.807, 2.05) is 18.2 Å². The monoisotopic (exact) mass is 551 g/mol. The summed E-state index contributed by atoms with van der Waals surface area (Å²) in [4.78, 5) is 64.5. The lowest BCUT2D eigenvalue weighted by atomic mass is 10.0. The molecule has 1 heterocycles. The quantitative estimate of drug-likeness (QED) is 0.129. The minimum atomic E-state index is -1.39. The van der Waals surface area contributed by atoms with Crippen molar-refractivity contribution in [2.75, 3.05) is 18.6 Å². The molecule has 9 N–H and O–H groups in total. The Hall–Kier alpha value is -3.62. The molecule has 0 aliphatic carbocycles. The molecule has 4 atom stereocenters. The number of carbonyl (C=O) groups is 5. The number of aliphatic hydroxyl groups excluding tert-OH is 1. The molecule has 1 aromatic carbocycles. The van der Waals surface area contributed by atoms with Crippen LogP contribution < -0.4 is 21.7 Å². The Kier molecular flexibility index (Phi) is 12.0. The van der Waals surface area contributed by atoms with Crippen molar-refractivity contribution in [3.8, 4) is 0 Å². The summed E-state index contributed by atoms with van der Waals surface area (Å²) in [6, 6.07) is 2.11. The van der Waals surface area contributed by atoms with Gasteiger partial charge in [-0.05, 0) is 36.5 Å². The van der Waals surface area contributed by atoms with Gasteiger partial charge in [0.25, 0.3) is 0 Å². The minimum Gasteiger partial charge on any atom is -0.481 e. The summed E-state index contributed by atoms with van der Waals surface area (Å²) in [5.74, 6) is -4.51. The van der Waals surface area contributed by atoms with Crippen LogP contribution in [0.3, 0.4) is 0 Å². The molecule has 2 rings (SSSR count). The van der Waals surface area contributed by atoms with Crippen LogP contribution in [-0.4, -0.2) is 92.7 Å². The van der Waals surface area contributed by atoms with Gasteiger partial charge in [0.1, 0.15) is 24.2 Å². The molecule has 2 aromatic rings. The zero-order valence-corrected chi connectivity index (χ0v) is 21.6. The van der Waals surface area contributed by atoms with Gasteiger partial charge in [-0.25, -0.2) is 4.79 Å². The van der Waals surface area contributed by atoms with Crippen molar-refractivity contribution >= 4 is 52.3 Å². The number of carboxylic acids is 2. The Morgan fingerprint density at radius 2 is 1.58 bits per heavy atom. The number of carboxylic acid groups (broad SMARTS) is 2. The zero-order chi connectivity index (χ0) is 28.2. The van der Waals surface area contributed by atoms with E-state index in [0.717, 1.165) is 10.9 Å². The standard InChI is InChI=1S/C24H33N5O8S/c1-38-9-8-18(24(36)37)28-22(34)17(6-7-20(31)32)27-23(35)19(29-21(33)15(25)12-30)10-13-11-26-16-5-3-2-4-14(13)16/h2-5,11,15,17-19,26,30H,6-10,12,25H2,1H3,(H,27,35)(H,28,34)(H,29,33)(H,31,32)(H,36,37). The van der Waals surface area contributed by atoms with Gasteiger partial charge in [-0.1, -0.05) is 18.2 Å². The molecule has 0 aliphatic heterocycles. The van der Waals surface area contributed by atoms with Crippen LogP contribution >= 0.6 is 11.8 Å². The van der Waals surface area contributed by atoms with E-state index in [4.69, 9.17) is 10.8 Å². The van der Waals surface area contributed by atoms with E-state index in [0.29, 0.717) is 11.3 Å². The lowest BCUT2D eigenvalue weighted by molar-refractivity contribution is -0.143. The van der Waals surface area contributed by atoms with Crippen LogP contribution in [0.5, 0.6) is 0 Å². The molecule has 208 valence electrons. The Morgan fingerprint density at radius 1 is 0.947 bits per heavy atom. The third-order valence-corrected chi connectivity index (χ3v) is 6.41. The van der Waals surface area contributed by atoms with E-state index in [-0.39, 0.29) is 19.3 Å². The Morgan fingerprint density at radius 3 is 2.21 bits per heavy atom. The second-order valence-corrected chi connectivity index (χ2v) is 9.57. The molecule has 3 amide bonds. The predicted octanol–water partition coefficient (Wildman–Crippen LogP) is -0.813. The number of amides is 3. The number of carbonyl (C=O) groups excluding carboxylic acids is 3. The molecule has 0 radical (unpaired) electrons. The number of nitrogens with two attached hydrogens (primary N) is 1. The topological polar surface area (TPSA) is 224 Å². The first-order valence-corrected chi connectivity index (χ1v) is 13.2.